The van der Waals surface area contributed by atoms with Crippen LogP contribution in [0.2, 0.25) is 0 Å². The zero-order chi connectivity index (χ0) is 48.4. The minimum absolute atomic E-state index is 0.0819. The van der Waals surface area contributed by atoms with Gasteiger partial charge >= 0.3 is 12.4 Å². The summed E-state index contributed by atoms with van der Waals surface area (Å²) in [6, 6.07) is 11.7. The molecule has 3 unspecified atom stereocenters. The maximum Gasteiger partial charge on any atom is 0.406 e. The Morgan fingerprint density at radius 2 is 1.21 bits per heavy atom. The summed E-state index contributed by atoms with van der Waals surface area (Å²) in [5, 5.41) is 8.19. The van der Waals surface area contributed by atoms with Crippen LogP contribution in [0, 0.1) is 11.8 Å². The van der Waals surface area contributed by atoms with Gasteiger partial charge in [0.15, 0.2) is 22.9 Å². The Morgan fingerprint density at radius 3 is 1.83 bits per heavy atom. The lowest BCUT2D eigenvalue weighted by Gasteiger charge is -2.34. The molecule has 362 valence electrons. The number of halogens is 6. The molecule has 5 atom stereocenters. The summed E-state index contributed by atoms with van der Waals surface area (Å²) in [4.78, 5) is 58.6. The molecule has 0 radical (unpaired) electrons. The molecule has 8 aromatic heterocycles. The molecule has 0 aliphatic carbocycles. The maximum absolute atomic E-state index is 14.3. The van der Waals surface area contributed by atoms with E-state index in [0.717, 1.165) is 40.5 Å². The minimum atomic E-state index is -4.57. The Balaban J connectivity index is 0.778. The number of likely N-dealkylation sites (tertiary alicyclic amines) is 2. The smallest absolute Gasteiger partial charge is 0.337 e. The van der Waals surface area contributed by atoms with Gasteiger partial charge in [-0.15, -0.1) is 0 Å². The molecule has 2 N–H and O–H groups in total. The van der Waals surface area contributed by atoms with Gasteiger partial charge in [-0.2, -0.15) is 26.3 Å². The summed E-state index contributed by atoms with van der Waals surface area (Å²) in [6.45, 7) is 0.514. The predicted octanol–water partition coefficient (Wildman–Crippen LogP) is 6.80. The summed E-state index contributed by atoms with van der Waals surface area (Å²) in [5.74, 6) is 0.857. The molecule has 0 bridgehead atoms. The molecule has 4 aliphatic rings. The molecule has 0 aromatic carbocycles. The molecular weight excluding hydrogens is 919 g/mol. The SMILES string of the molecule is Cn1c(-c2cc3cc(C4C[C@@H]5CCN(C(=O)c6cnc7c(c6)nc(-c6cc8cccnc8n6CC(F)(F)F)n7C)C[C@@H]5N4)cnc3n2CC(F)(F)F)nc2cc(C(=O)N3CCC4CCNC4C3)cnc21. The van der Waals surface area contributed by atoms with E-state index in [2.05, 4.69) is 35.6 Å². The van der Waals surface area contributed by atoms with E-state index in [4.69, 9.17) is 4.98 Å². The number of aromatic nitrogens is 10. The van der Waals surface area contributed by atoms with Crippen molar-refractivity contribution in [3.05, 3.63) is 83.9 Å². The number of aryl methyl sites for hydroxylation is 2. The second-order valence-electron chi connectivity index (χ2n) is 19.2. The fourth-order valence-corrected chi connectivity index (χ4v) is 11.4. The van der Waals surface area contributed by atoms with Crippen LogP contribution in [0.15, 0.2) is 67.3 Å². The number of nitrogens with zero attached hydrogens (tertiary/aromatic N) is 12. The summed E-state index contributed by atoms with van der Waals surface area (Å²) < 4.78 is 89.5. The van der Waals surface area contributed by atoms with Crippen LogP contribution in [0.25, 0.3) is 67.4 Å². The Labute approximate surface area is 394 Å². The van der Waals surface area contributed by atoms with Gasteiger partial charge in [-0.1, -0.05) is 0 Å². The number of carbonyl (C=O) groups excluding carboxylic acids is 2. The van der Waals surface area contributed by atoms with Crippen LogP contribution < -0.4 is 10.6 Å². The first-order chi connectivity index (χ1) is 33.5. The van der Waals surface area contributed by atoms with Crippen molar-refractivity contribution < 1.29 is 35.9 Å². The summed E-state index contributed by atoms with van der Waals surface area (Å²) in [6.07, 6.45) is 0.390. The van der Waals surface area contributed by atoms with E-state index in [1.54, 1.807) is 70.7 Å². The first-order valence-corrected chi connectivity index (χ1v) is 23.3. The number of nitrogens with one attached hydrogen (secondary N) is 2. The van der Waals surface area contributed by atoms with Gasteiger partial charge in [0.05, 0.1) is 22.5 Å². The van der Waals surface area contributed by atoms with Crippen LogP contribution >= 0.6 is 0 Å². The lowest BCUT2D eigenvalue weighted by atomic mass is 9.90. The average Bonchev–Trinajstić information content (AvgIpc) is 4.20. The Morgan fingerprint density at radius 1 is 0.657 bits per heavy atom. The highest BCUT2D eigenvalue weighted by Crippen LogP contribution is 2.39. The summed E-state index contributed by atoms with van der Waals surface area (Å²) in [5.41, 5.74) is 3.77. The zero-order valence-corrected chi connectivity index (χ0v) is 38.0. The third-order valence-corrected chi connectivity index (χ3v) is 14.8. The molecule has 4 fully saturated rings. The molecule has 4 aliphatic heterocycles. The number of pyridine rings is 4. The number of carbonyl (C=O) groups is 2. The summed E-state index contributed by atoms with van der Waals surface area (Å²) >= 11 is 0. The van der Waals surface area contributed by atoms with Crippen molar-refractivity contribution in [2.75, 3.05) is 32.7 Å². The van der Waals surface area contributed by atoms with Crippen molar-refractivity contribution in [1.29, 1.82) is 0 Å². The fourth-order valence-electron chi connectivity index (χ4n) is 11.4. The van der Waals surface area contributed by atoms with Gasteiger partial charge in [-0.05, 0) is 92.1 Å². The number of imidazole rings is 2. The molecular formula is C48H46F6N14O2. The minimum Gasteiger partial charge on any atom is -0.337 e. The third kappa shape index (κ3) is 7.71. The third-order valence-electron chi connectivity index (χ3n) is 14.8. The van der Waals surface area contributed by atoms with Crippen LogP contribution in [0.3, 0.4) is 0 Å². The lowest BCUT2D eigenvalue weighted by Crippen LogP contribution is -2.48. The monoisotopic (exact) mass is 964 g/mol. The van der Waals surface area contributed by atoms with Crippen LogP contribution in [0.4, 0.5) is 26.3 Å². The van der Waals surface area contributed by atoms with E-state index in [1.807, 2.05) is 11.0 Å². The predicted molar refractivity (Wildman–Crippen MR) is 245 cm³/mol. The maximum atomic E-state index is 14.3. The van der Waals surface area contributed by atoms with Crippen LogP contribution in [-0.4, -0.2) is 127 Å². The highest BCUT2D eigenvalue weighted by atomic mass is 19.4. The van der Waals surface area contributed by atoms with Crippen molar-refractivity contribution in [1.82, 2.24) is 68.6 Å². The number of fused-ring (bicyclic) bond motifs is 6. The quantitative estimate of drug-likeness (QED) is 0.163. The number of piperidine rings is 2. The molecule has 16 nitrogen and oxygen atoms in total. The molecule has 0 spiro atoms. The molecule has 2 amide bonds. The highest BCUT2D eigenvalue weighted by molar-refractivity contribution is 5.98. The lowest BCUT2D eigenvalue weighted by molar-refractivity contribution is -0.140. The number of amides is 2. The van der Waals surface area contributed by atoms with Gasteiger partial charge in [0, 0.05) is 94.0 Å². The largest absolute Gasteiger partial charge is 0.406 e. The molecule has 12 heterocycles. The molecule has 8 aromatic rings. The number of hydrogen-bond acceptors (Lipinski definition) is 10. The summed E-state index contributed by atoms with van der Waals surface area (Å²) in [7, 11) is 3.35. The van der Waals surface area contributed by atoms with Gasteiger partial charge in [-0.3, -0.25) is 9.59 Å². The Bertz CT molecular complexity index is 3410. The number of alkyl halides is 6. The van der Waals surface area contributed by atoms with Gasteiger partial charge in [0.2, 0.25) is 0 Å². The van der Waals surface area contributed by atoms with Crippen LogP contribution in [0.1, 0.15) is 58.0 Å². The van der Waals surface area contributed by atoms with Crippen molar-refractivity contribution in [2.45, 2.75) is 69.3 Å². The van der Waals surface area contributed by atoms with Crippen molar-refractivity contribution in [3.63, 3.8) is 0 Å². The molecule has 22 heteroatoms. The van der Waals surface area contributed by atoms with E-state index >= 15 is 0 Å². The molecule has 12 rings (SSSR count). The molecule has 70 heavy (non-hydrogen) atoms. The highest BCUT2D eigenvalue weighted by Gasteiger charge is 2.41. The first kappa shape index (κ1) is 44.3. The second kappa shape index (κ2) is 16.3. The van der Waals surface area contributed by atoms with E-state index < -0.39 is 25.4 Å². The van der Waals surface area contributed by atoms with Crippen LogP contribution in [0.5, 0.6) is 0 Å². The van der Waals surface area contributed by atoms with Gasteiger partial charge < -0.3 is 38.7 Å². The first-order valence-electron chi connectivity index (χ1n) is 23.3. The standard InChI is InChI=1S/C48H46F6N14O2/c1-63-41-33(61-43(63)37-16-27-4-3-8-56-39(27)67(37)23-47(49,50)51)15-31(20-59-41)46(70)66-11-7-26-13-32(60-36(26)22-66)29-12-28-17-38(68(24-48(52,53)54)40(28)57-18-29)44-62-34-14-30(19-58-42(34)64(44)2)45(69)65-10-6-25-5-9-55-35(25)21-65/h3-4,8,12,14-20,25-26,32,35-36,55,60H,5-7,9-11,13,21-24H2,1-2H3/t25?,26-,32?,35?,36-/m0/s1. The van der Waals surface area contributed by atoms with Crippen molar-refractivity contribution in [3.8, 4) is 23.0 Å². The van der Waals surface area contributed by atoms with Crippen molar-refractivity contribution in [2.24, 2.45) is 25.9 Å². The average molecular weight is 965 g/mol. The normalized spacial score (nSPS) is 22.0. The number of hydrogen-bond donors (Lipinski definition) is 2. The van der Waals surface area contributed by atoms with E-state index in [1.165, 1.54) is 18.6 Å². The molecule has 0 saturated carbocycles. The topological polar surface area (TPSA) is 162 Å². The molecule has 4 saturated heterocycles. The second-order valence-corrected chi connectivity index (χ2v) is 19.2. The zero-order valence-electron chi connectivity index (χ0n) is 38.0. The van der Waals surface area contributed by atoms with Gasteiger partial charge in [0.25, 0.3) is 11.8 Å². The van der Waals surface area contributed by atoms with Crippen LogP contribution in [-0.2, 0) is 27.2 Å². The van der Waals surface area contributed by atoms with E-state index in [9.17, 15) is 35.9 Å². The van der Waals surface area contributed by atoms with Gasteiger partial charge in [0.1, 0.15) is 35.4 Å². The fraction of sp³-hybridized carbons (Fsp3) is 0.417. The number of rotatable bonds is 7. The van der Waals surface area contributed by atoms with E-state index in [0.29, 0.717) is 82.7 Å². The van der Waals surface area contributed by atoms with Crippen molar-refractivity contribution >= 4 is 56.2 Å². The Kier molecular flexibility index (Phi) is 10.3. The van der Waals surface area contributed by atoms with E-state index in [-0.39, 0.29) is 70.2 Å². The van der Waals surface area contributed by atoms with Gasteiger partial charge in [-0.25, -0.2) is 29.9 Å². The Hall–Kier alpha value is -6.94.